The SMILES string of the molecule is CCOc1ccccc1C(=O)N1CC(=O)Nc2ccc(C)cc2C1c1cccs1. The van der Waals surface area contributed by atoms with Gasteiger partial charge >= 0.3 is 0 Å². The number of thiophene rings is 1. The molecule has 1 aliphatic rings. The number of rotatable bonds is 4. The van der Waals surface area contributed by atoms with Crippen LogP contribution in [0.3, 0.4) is 0 Å². The summed E-state index contributed by atoms with van der Waals surface area (Å²) in [5, 5.41) is 4.95. The van der Waals surface area contributed by atoms with Gasteiger partial charge in [-0.2, -0.15) is 0 Å². The van der Waals surface area contributed by atoms with Crippen molar-refractivity contribution >= 4 is 28.8 Å². The third-order valence-electron chi connectivity index (χ3n) is 4.89. The van der Waals surface area contributed by atoms with Crippen molar-refractivity contribution in [3.8, 4) is 5.75 Å². The largest absolute Gasteiger partial charge is 0.493 e. The highest BCUT2D eigenvalue weighted by Gasteiger charge is 2.35. The Morgan fingerprint density at radius 3 is 2.79 bits per heavy atom. The first-order valence-corrected chi connectivity index (χ1v) is 10.4. The van der Waals surface area contributed by atoms with Crippen molar-refractivity contribution in [3.05, 3.63) is 81.5 Å². The summed E-state index contributed by atoms with van der Waals surface area (Å²) in [5.74, 6) is 0.0902. The lowest BCUT2D eigenvalue weighted by molar-refractivity contribution is -0.117. The van der Waals surface area contributed by atoms with Gasteiger partial charge in [0.1, 0.15) is 12.3 Å². The van der Waals surface area contributed by atoms with Gasteiger partial charge in [0.05, 0.1) is 18.2 Å². The minimum atomic E-state index is -0.356. The number of aryl methyl sites for hydroxylation is 1. The fourth-order valence-corrected chi connectivity index (χ4v) is 4.50. The van der Waals surface area contributed by atoms with E-state index in [1.54, 1.807) is 28.4 Å². The predicted molar refractivity (Wildman–Crippen MR) is 115 cm³/mol. The number of fused-ring (bicyclic) bond motifs is 1. The van der Waals surface area contributed by atoms with E-state index in [0.29, 0.717) is 17.9 Å². The highest BCUT2D eigenvalue weighted by atomic mass is 32.1. The van der Waals surface area contributed by atoms with Gasteiger partial charge in [0, 0.05) is 16.1 Å². The van der Waals surface area contributed by atoms with E-state index in [4.69, 9.17) is 4.74 Å². The quantitative estimate of drug-likeness (QED) is 0.687. The number of nitrogens with zero attached hydrogens (tertiary/aromatic N) is 1. The molecule has 0 saturated carbocycles. The van der Waals surface area contributed by atoms with Gasteiger partial charge in [-0.15, -0.1) is 11.3 Å². The summed E-state index contributed by atoms with van der Waals surface area (Å²) in [4.78, 5) is 29.0. The summed E-state index contributed by atoms with van der Waals surface area (Å²) >= 11 is 1.58. The van der Waals surface area contributed by atoms with Crippen LogP contribution in [0.25, 0.3) is 0 Å². The average Bonchev–Trinajstić information content (AvgIpc) is 3.19. The fraction of sp³-hybridized carbons (Fsp3) is 0.217. The van der Waals surface area contributed by atoms with Crippen molar-refractivity contribution in [1.29, 1.82) is 0 Å². The molecule has 1 atom stereocenters. The number of carbonyl (C=O) groups excluding carboxylic acids is 2. The summed E-state index contributed by atoms with van der Waals surface area (Å²) < 4.78 is 5.68. The van der Waals surface area contributed by atoms with E-state index < -0.39 is 0 Å². The normalized spacial score (nSPS) is 16.0. The van der Waals surface area contributed by atoms with Gasteiger partial charge in [0.2, 0.25) is 5.91 Å². The van der Waals surface area contributed by atoms with Crippen molar-refractivity contribution in [1.82, 2.24) is 4.90 Å². The van der Waals surface area contributed by atoms with Gasteiger partial charge in [0.15, 0.2) is 0 Å². The molecule has 5 nitrogen and oxygen atoms in total. The van der Waals surface area contributed by atoms with Crippen molar-refractivity contribution in [2.75, 3.05) is 18.5 Å². The highest BCUT2D eigenvalue weighted by molar-refractivity contribution is 7.10. The van der Waals surface area contributed by atoms with Crippen molar-refractivity contribution in [3.63, 3.8) is 0 Å². The van der Waals surface area contributed by atoms with E-state index in [1.165, 1.54) is 0 Å². The first-order chi connectivity index (χ1) is 14.1. The lowest BCUT2D eigenvalue weighted by Crippen LogP contribution is -2.38. The molecular formula is C23H22N2O3S. The lowest BCUT2D eigenvalue weighted by Gasteiger charge is -2.30. The van der Waals surface area contributed by atoms with E-state index in [0.717, 1.165) is 21.7 Å². The zero-order valence-electron chi connectivity index (χ0n) is 16.3. The molecule has 3 aromatic rings. The number of hydrogen-bond acceptors (Lipinski definition) is 4. The number of para-hydroxylation sites is 1. The molecule has 6 heteroatoms. The van der Waals surface area contributed by atoms with Crippen molar-refractivity contribution in [2.24, 2.45) is 0 Å². The Bertz CT molecular complexity index is 1050. The van der Waals surface area contributed by atoms with Crippen LogP contribution in [0, 0.1) is 6.92 Å². The van der Waals surface area contributed by atoms with E-state index >= 15 is 0 Å². The van der Waals surface area contributed by atoms with Crippen LogP contribution < -0.4 is 10.1 Å². The minimum absolute atomic E-state index is 0.0322. The van der Waals surface area contributed by atoms with Crippen LogP contribution in [0.15, 0.2) is 60.0 Å². The summed E-state index contributed by atoms with van der Waals surface area (Å²) in [6.45, 7) is 4.32. The third-order valence-corrected chi connectivity index (χ3v) is 5.82. The molecule has 29 heavy (non-hydrogen) atoms. The molecular weight excluding hydrogens is 384 g/mol. The second-order valence-corrected chi connectivity index (χ2v) is 7.90. The first kappa shape index (κ1) is 19.2. The predicted octanol–water partition coefficient (Wildman–Crippen LogP) is 4.64. The number of hydrogen-bond donors (Lipinski definition) is 1. The average molecular weight is 407 g/mol. The van der Waals surface area contributed by atoms with Crippen LogP contribution in [0.4, 0.5) is 5.69 Å². The molecule has 4 rings (SSSR count). The number of ether oxygens (including phenoxy) is 1. The minimum Gasteiger partial charge on any atom is -0.493 e. The number of anilines is 1. The standard InChI is InChI=1S/C23H22N2O3S/c1-3-28-19-8-5-4-7-16(19)23(27)25-14-21(26)24-18-11-10-15(2)13-17(18)22(25)20-9-6-12-29-20/h4-13,22H,3,14H2,1-2H3,(H,24,26). The monoisotopic (exact) mass is 406 g/mol. The smallest absolute Gasteiger partial charge is 0.258 e. The molecule has 1 aliphatic heterocycles. The van der Waals surface area contributed by atoms with Gasteiger partial charge in [-0.05, 0) is 43.5 Å². The molecule has 0 bridgehead atoms. The van der Waals surface area contributed by atoms with Gasteiger partial charge in [-0.1, -0.05) is 35.9 Å². The molecule has 0 spiro atoms. The maximum Gasteiger partial charge on any atom is 0.258 e. The number of benzene rings is 2. The molecule has 1 N–H and O–H groups in total. The van der Waals surface area contributed by atoms with E-state index in [-0.39, 0.29) is 24.4 Å². The van der Waals surface area contributed by atoms with E-state index in [1.807, 2.05) is 61.7 Å². The van der Waals surface area contributed by atoms with Gasteiger partial charge in [-0.3, -0.25) is 9.59 Å². The van der Waals surface area contributed by atoms with E-state index in [9.17, 15) is 9.59 Å². The summed E-state index contributed by atoms with van der Waals surface area (Å²) in [6, 6.07) is 16.7. The Hall–Kier alpha value is -3.12. The first-order valence-electron chi connectivity index (χ1n) is 9.55. The second kappa shape index (κ2) is 8.09. The molecule has 148 valence electrons. The third kappa shape index (κ3) is 3.76. The summed E-state index contributed by atoms with van der Waals surface area (Å²) in [6.07, 6.45) is 0. The summed E-state index contributed by atoms with van der Waals surface area (Å²) in [7, 11) is 0. The fourth-order valence-electron chi connectivity index (χ4n) is 3.65. The molecule has 1 aromatic heterocycles. The van der Waals surface area contributed by atoms with Gasteiger partial charge in [0.25, 0.3) is 5.91 Å². The van der Waals surface area contributed by atoms with Gasteiger partial charge < -0.3 is 15.0 Å². The van der Waals surface area contributed by atoms with Crippen molar-refractivity contribution in [2.45, 2.75) is 19.9 Å². The zero-order chi connectivity index (χ0) is 20.4. The topological polar surface area (TPSA) is 58.6 Å². The Kier molecular flexibility index (Phi) is 5.36. The van der Waals surface area contributed by atoms with Crippen LogP contribution in [0.5, 0.6) is 5.75 Å². The molecule has 0 aliphatic carbocycles. The number of amides is 2. The molecule has 2 heterocycles. The zero-order valence-corrected chi connectivity index (χ0v) is 17.2. The van der Waals surface area contributed by atoms with Crippen LogP contribution >= 0.6 is 11.3 Å². The van der Waals surface area contributed by atoms with Crippen LogP contribution in [-0.4, -0.2) is 29.9 Å². The molecule has 0 radical (unpaired) electrons. The van der Waals surface area contributed by atoms with Crippen LogP contribution in [0.1, 0.15) is 39.3 Å². The Balaban J connectivity index is 1.86. The van der Waals surface area contributed by atoms with Crippen molar-refractivity contribution < 1.29 is 14.3 Å². The molecule has 2 aromatic carbocycles. The Morgan fingerprint density at radius 1 is 1.21 bits per heavy atom. The summed E-state index contributed by atoms with van der Waals surface area (Å²) in [5.41, 5.74) is 3.19. The maximum atomic E-state index is 13.7. The molecule has 2 amide bonds. The molecule has 1 unspecified atom stereocenters. The van der Waals surface area contributed by atoms with Crippen LogP contribution in [-0.2, 0) is 4.79 Å². The number of nitrogens with one attached hydrogen (secondary N) is 1. The lowest BCUT2D eigenvalue weighted by atomic mass is 9.99. The van der Waals surface area contributed by atoms with Crippen LogP contribution in [0.2, 0.25) is 0 Å². The Morgan fingerprint density at radius 2 is 2.03 bits per heavy atom. The second-order valence-electron chi connectivity index (χ2n) is 6.92. The number of carbonyl (C=O) groups is 2. The molecule has 0 fully saturated rings. The van der Waals surface area contributed by atoms with E-state index in [2.05, 4.69) is 5.32 Å². The Labute approximate surface area is 173 Å². The maximum absolute atomic E-state index is 13.7. The molecule has 0 saturated heterocycles. The highest BCUT2D eigenvalue weighted by Crippen LogP contribution is 2.39. The van der Waals surface area contributed by atoms with Gasteiger partial charge in [-0.25, -0.2) is 0 Å².